The number of alkyl halides is 6. The second-order valence-corrected chi connectivity index (χ2v) is 6.03. The lowest BCUT2D eigenvalue weighted by Gasteiger charge is -2.31. The molecule has 0 unspecified atom stereocenters. The minimum Gasteiger partial charge on any atom is -0.374 e. The quantitative estimate of drug-likeness (QED) is 0.787. The smallest absolute Gasteiger partial charge is 0.374 e. The minimum atomic E-state index is -5.00. The van der Waals surface area contributed by atoms with Crippen LogP contribution >= 0.6 is 0 Å². The topological polar surface area (TPSA) is 63.8 Å². The van der Waals surface area contributed by atoms with Crippen molar-refractivity contribution in [1.29, 1.82) is 0 Å². The molecule has 3 heterocycles. The molecule has 0 bridgehead atoms. The van der Waals surface area contributed by atoms with E-state index in [1.807, 2.05) is 0 Å². The van der Waals surface area contributed by atoms with Gasteiger partial charge in [0, 0.05) is 17.8 Å². The third-order valence-corrected chi connectivity index (χ3v) is 4.10. The molecule has 0 radical (unpaired) electrons. The Hall–Kier alpha value is -2.17. The van der Waals surface area contributed by atoms with Crippen LogP contribution in [0.3, 0.4) is 0 Å². The lowest BCUT2D eigenvalue weighted by atomic mass is 9.98. The number of hydrogen-bond acceptors (Lipinski definition) is 4. The van der Waals surface area contributed by atoms with Crippen molar-refractivity contribution >= 4 is 0 Å². The first-order valence-corrected chi connectivity index (χ1v) is 7.14. The van der Waals surface area contributed by atoms with Crippen LogP contribution in [0.15, 0.2) is 12.4 Å². The highest BCUT2D eigenvalue weighted by atomic mass is 19.4. The van der Waals surface area contributed by atoms with Crippen LogP contribution in [-0.2, 0) is 18.2 Å². The molecule has 0 saturated carbocycles. The van der Waals surface area contributed by atoms with Crippen molar-refractivity contribution in [2.75, 3.05) is 0 Å². The van der Waals surface area contributed by atoms with Crippen LogP contribution in [0.2, 0.25) is 0 Å². The average Bonchev–Trinajstić information content (AvgIpc) is 2.91. The summed E-state index contributed by atoms with van der Waals surface area (Å²) in [7, 11) is 0. The van der Waals surface area contributed by atoms with E-state index < -0.39 is 35.6 Å². The molecular formula is C14H12F6N4O. The first-order chi connectivity index (χ1) is 11.3. The fourth-order valence-electron chi connectivity index (χ4n) is 2.79. The van der Waals surface area contributed by atoms with Crippen LogP contribution in [0.25, 0.3) is 11.4 Å². The van der Waals surface area contributed by atoms with E-state index in [0.29, 0.717) is 12.5 Å². The van der Waals surface area contributed by atoms with Gasteiger partial charge in [-0.25, -0.2) is 15.0 Å². The van der Waals surface area contributed by atoms with Gasteiger partial charge in [-0.2, -0.15) is 26.3 Å². The van der Waals surface area contributed by atoms with Gasteiger partial charge in [0.1, 0.15) is 0 Å². The predicted molar refractivity (Wildman–Crippen MR) is 72.3 cm³/mol. The number of aromatic nitrogens is 4. The van der Waals surface area contributed by atoms with E-state index in [1.54, 1.807) is 6.92 Å². The molecule has 0 saturated heterocycles. The summed E-state index contributed by atoms with van der Waals surface area (Å²) in [4.78, 5) is 10.4. The first kappa shape index (κ1) is 17.6. The Labute approximate surface area is 137 Å². The normalized spacial score (nSPS) is 20.0. The molecule has 1 aliphatic rings. The molecule has 0 aliphatic carbocycles. The lowest BCUT2D eigenvalue weighted by molar-refractivity contribution is -0.262. The largest absolute Gasteiger partial charge is 0.451 e. The maximum absolute atomic E-state index is 13.1. The summed E-state index contributed by atoms with van der Waals surface area (Å²) in [5, 5.41) is 9.90. The van der Waals surface area contributed by atoms with Gasteiger partial charge >= 0.3 is 12.4 Å². The summed E-state index contributed by atoms with van der Waals surface area (Å²) < 4.78 is 78.9. The first-order valence-electron chi connectivity index (χ1n) is 7.14. The van der Waals surface area contributed by atoms with Crippen LogP contribution < -0.4 is 0 Å². The summed E-state index contributed by atoms with van der Waals surface area (Å²) in [6.07, 6.45) is -7.68. The van der Waals surface area contributed by atoms with Gasteiger partial charge in [-0.15, -0.1) is 0 Å². The Morgan fingerprint density at radius 2 is 1.76 bits per heavy atom. The summed E-state index contributed by atoms with van der Waals surface area (Å²) in [5.41, 5.74) is -3.05. The van der Waals surface area contributed by atoms with Gasteiger partial charge in [0.25, 0.3) is 0 Å². The SMILES string of the molecule is C[C@H]1Cc2cnc(C(F)(F)F)nc2-c2cnc([C@@](C)(O)C(F)(F)F)n21. The van der Waals surface area contributed by atoms with Gasteiger partial charge in [-0.05, 0) is 20.3 Å². The number of fused-ring (bicyclic) bond motifs is 3. The van der Waals surface area contributed by atoms with Gasteiger partial charge in [-0.1, -0.05) is 0 Å². The molecule has 2 aromatic heterocycles. The Kier molecular flexibility index (Phi) is 3.64. The molecular weight excluding hydrogens is 354 g/mol. The van der Waals surface area contributed by atoms with Crippen molar-refractivity contribution in [3.05, 3.63) is 29.6 Å². The van der Waals surface area contributed by atoms with Gasteiger partial charge in [0.15, 0.2) is 5.82 Å². The molecule has 136 valence electrons. The van der Waals surface area contributed by atoms with Crippen LogP contribution in [0.1, 0.15) is 37.1 Å². The van der Waals surface area contributed by atoms with Crippen molar-refractivity contribution < 1.29 is 31.4 Å². The summed E-state index contributed by atoms with van der Waals surface area (Å²) in [5.74, 6) is -2.09. The summed E-state index contributed by atoms with van der Waals surface area (Å²) >= 11 is 0. The zero-order chi connectivity index (χ0) is 18.8. The maximum Gasteiger partial charge on any atom is 0.451 e. The Bertz CT molecular complexity index is 824. The maximum atomic E-state index is 13.1. The second kappa shape index (κ2) is 5.16. The molecule has 5 nitrogen and oxygen atoms in total. The van der Waals surface area contributed by atoms with E-state index in [4.69, 9.17) is 0 Å². The molecule has 2 aromatic rings. The number of hydrogen-bond donors (Lipinski definition) is 1. The molecule has 0 spiro atoms. The Morgan fingerprint density at radius 3 is 2.32 bits per heavy atom. The monoisotopic (exact) mass is 366 g/mol. The zero-order valence-corrected chi connectivity index (χ0v) is 12.9. The molecule has 11 heteroatoms. The molecule has 3 rings (SSSR count). The number of imidazole rings is 1. The average molecular weight is 366 g/mol. The van der Waals surface area contributed by atoms with E-state index >= 15 is 0 Å². The van der Waals surface area contributed by atoms with Crippen molar-refractivity contribution in [3.63, 3.8) is 0 Å². The van der Waals surface area contributed by atoms with Gasteiger partial charge in [-0.3, -0.25) is 0 Å². The molecule has 0 amide bonds. The molecule has 1 N–H and O–H groups in total. The number of halogens is 6. The van der Waals surface area contributed by atoms with E-state index in [-0.39, 0.29) is 17.8 Å². The van der Waals surface area contributed by atoms with E-state index in [9.17, 15) is 31.4 Å². The van der Waals surface area contributed by atoms with E-state index in [1.165, 1.54) is 0 Å². The van der Waals surface area contributed by atoms with E-state index in [0.717, 1.165) is 17.0 Å². The van der Waals surface area contributed by atoms with Crippen molar-refractivity contribution in [3.8, 4) is 11.4 Å². The highest BCUT2D eigenvalue weighted by Crippen LogP contribution is 2.43. The standard InChI is InChI=1S/C14H12F6N4O/c1-6-3-7-4-21-10(13(15,16)17)23-9(7)8-5-22-11(24(6)8)12(2,25)14(18,19)20/h4-6,25H,3H2,1-2H3/t6-,12+/m0/s1. The molecule has 25 heavy (non-hydrogen) atoms. The number of aliphatic hydroxyl groups is 1. The second-order valence-electron chi connectivity index (χ2n) is 6.03. The summed E-state index contributed by atoms with van der Waals surface area (Å²) in [6, 6.07) is -0.575. The Balaban J connectivity index is 2.21. The fraction of sp³-hybridized carbons (Fsp3) is 0.500. The molecule has 2 atom stereocenters. The predicted octanol–water partition coefficient (Wildman–Crippen LogP) is 3.25. The van der Waals surface area contributed by atoms with Crippen LogP contribution in [0, 0.1) is 0 Å². The van der Waals surface area contributed by atoms with Crippen molar-refractivity contribution in [2.24, 2.45) is 0 Å². The molecule has 1 aliphatic heterocycles. The van der Waals surface area contributed by atoms with Crippen LogP contribution in [0.5, 0.6) is 0 Å². The highest BCUT2D eigenvalue weighted by Gasteiger charge is 2.55. The number of rotatable bonds is 1. The third kappa shape index (κ3) is 2.66. The third-order valence-electron chi connectivity index (χ3n) is 4.10. The minimum absolute atomic E-state index is 0.0267. The molecule has 0 aromatic carbocycles. The van der Waals surface area contributed by atoms with Gasteiger partial charge < -0.3 is 9.67 Å². The van der Waals surface area contributed by atoms with Crippen molar-refractivity contribution in [1.82, 2.24) is 19.5 Å². The van der Waals surface area contributed by atoms with Crippen LogP contribution in [-0.4, -0.2) is 30.8 Å². The van der Waals surface area contributed by atoms with Gasteiger partial charge in [0.2, 0.25) is 11.4 Å². The van der Waals surface area contributed by atoms with E-state index in [2.05, 4.69) is 15.0 Å². The van der Waals surface area contributed by atoms with Crippen molar-refractivity contribution in [2.45, 2.75) is 44.3 Å². The van der Waals surface area contributed by atoms with Gasteiger partial charge in [0.05, 0.1) is 17.6 Å². The van der Waals surface area contributed by atoms with Crippen LogP contribution in [0.4, 0.5) is 26.3 Å². The highest BCUT2D eigenvalue weighted by molar-refractivity contribution is 5.61. The lowest BCUT2D eigenvalue weighted by Crippen LogP contribution is -2.42. The fourth-order valence-corrected chi connectivity index (χ4v) is 2.79. The Morgan fingerprint density at radius 1 is 1.12 bits per heavy atom. The zero-order valence-electron chi connectivity index (χ0n) is 12.9. The molecule has 0 fully saturated rings. The number of nitrogens with zero attached hydrogens (tertiary/aromatic N) is 4. The summed E-state index contributed by atoms with van der Waals surface area (Å²) in [6.45, 7) is 2.12.